The Morgan fingerprint density at radius 1 is 0.900 bits per heavy atom. The molecule has 2 atom stereocenters. The SMILES string of the molecule is N=C(OCc1ccccc1)/C(=C\C(=N)N1C[C@@H](Oc2ccccc2)C[C@H]1CCC(=O)N1CCN(c2ncc(C(F)(F)F)cn2)CC1)C(F)(F)F. The van der Waals surface area contributed by atoms with E-state index in [4.69, 9.17) is 20.3 Å². The summed E-state index contributed by atoms with van der Waals surface area (Å²) < 4.78 is 92.2. The minimum atomic E-state index is -4.97. The number of amidine groups is 1. The van der Waals surface area contributed by atoms with Crippen LogP contribution in [0.4, 0.5) is 32.3 Å². The second-order valence-corrected chi connectivity index (χ2v) is 11.8. The standard InChI is InChI=1S/C34H35F6N7O3/c35-33(36,37)24-19-43-32(44-20-24)46-15-13-45(14-16-46)30(48)12-11-25-17-27(50-26-9-5-2-6-10-26)21-47(25)29(41)18-28(34(38,39)40)31(42)49-22-23-7-3-1-4-8-23/h1-10,18-20,25,27,41-42H,11-17,21-22H2/b28-18+,41-29?,42-31?/t25-,27+/m1/s1. The van der Waals surface area contributed by atoms with Crippen molar-refractivity contribution in [2.75, 3.05) is 37.6 Å². The van der Waals surface area contributed by atoms with Gasteiger partial charge in [-0.15, -0.1) is 0 Å². The van der Waals surface area contributed by atoms with E-state index >= 15 is 0 Å². The summed E-state index contributed by atoms with van der Waals surface area (Å²) in [6, 6.07) is 16.8. The molecule has 2 aliphatic rings. The van der Waals surface area contributed by atoms with Crippen molar-refractivity contribution in [2.24, 2.45) is 0 Å². The van der Waals surface area contributed by atoms with Crippen molar-refractivity contribution in [3.63, 3.8) is 0 Å². The molecule has 16 heteroatoms. The van der Waals surface area contributed by atoms with Gasteiger partial charge in [-0.25, -0.2) is 9.97 Å². The zero-order valence-corrected chi connectivity index (χ0v) is 26.8. The molecule has 2 fully saturated rings. The third kappa shape index (κ3) is 9.51. The van der Waals surface area contributed by atoms with Crippen molar-refractivity contribution in [1.29, 1.82) is 10.8 Å². The zero-order chi connectivity index (χ0) is 35.9. The average Bonchev–Trinajstić information content (AvgIpc) is 3.51. The Morgan fingerprint density at radius 2 is 1.52 bits per heavy atom. The van der Waals surface area contributed by atoms with Gasteiger partial charge in [-0.2, -0.15) is 26.3 Å². The third-order valence-corrected chi connectivity index (χ3v) is 8.36. The van der Waals surface area contributed by atoms with Gasteiger partial charge in [0.25, 0.3) is 0 Å². The minimum Gasteiger partial charge on any atom is -0.489 e. The fourth-order valence-corrected chi connectivity index (χ4v) is 5.76. The maximum absolute atomic E-state index is 14.1. The molecule has 3 heterocycles. The maximum atomic E-state index is 14.1. The number of anilines is 1. The summed E-state index contributed by atoms with van der Waals surface area (Å²) in [7, 11) is 0. The lowest BCUT2D eigenvalue weighted by molar-refractivity contribution is -0.138. The van der Waals surface area contributed by atoms with Crippen molar-refractivity contribution in [2.45, 2.75) is 50.4 Å². The molecule has 2 aliphatic heterocycles. The molecule has 10 nitrogen and oxygen atoms in total. The van der Waals surface area contributed by atoms with E-state index in [2.05, 4.69) is 9.97 Å². The largest absolute Gasteiger partial charge is 0.489 e. The molecule has 5 rings (SSSR count). The van der Waals surface area contributed by atoms with Crippen molar-refractivity contribution in [3.8, 4) is 5.75 Å². The Hall–Kier alpha value is -5.15. The summed E-state index contributed by atoms with van der Waals surface area (Å²) in [5, 5.41) is 16.7. The van der Waals surface area contributed by atoms with E-state index < -0.39 is 47.4 Å². The number of amides is 1. The van der Waals surface area contributed by atoms with Crippen molar-refractivity contribution < 1.29 is 40.6 Å². The number of carbonyl (C=O) groups is 1. The molecule has 2 aromatic carbocycles. The quantitative estimate of drug-likeness (QED) is 0.149. The first-order valence-corrected chi connectivity index (χ1v) is 15.8. The number of benzene rings is 2. The normalized spacial score (nSPS) is 18.6. The highest BCUT2D eigenvalue weighted by atomic mass is 19.4. The van der Waals surface area contributed by atoms with Gasteiger partial charge in [0.05, 0.1) is 12.1 Å². The molecule has 0 unspecified atom stereocenters. The van der Waals surface area contributed by atoms with Crippen LogP contribution < -0.4 is 9.64 Å². The molecule has 1 aromatic heterocycles. The second kappa shape index (κ2) is 15.6. The molecule has 0 aliphatic carbocycles. The number of alkyl halides is 6. The molecule has 1 amide bonds. The topological polar surface area (TPSA) is 119 Å². The lowest BCUT2D eigenvalue weighted by Gasteiger charge is -2.35. The summed E-state index contributed by atoms with van der Waals surface area (Å²) in [5.74, 6) is -1.14. The van der Waals surface area contributed by atoms with Crippen LogP contribution in [-0.2, 0) is 22.3 Å². The third-order valence-electron chi connectivity index (χ3n) is 8.36. The first kappa shape index (κ1) is 36.1. The number of piperazine rings is 1. The van der Waals surface area contributed by atoms with Gasteiger partial charge in [-0.05, 0) is 30.2 Å². The Kier molecular flexibility index (Phi) is 11.3. The van der Waals surface area contributed by atoms with Crippen molar-refractivity contribution >= 4 is 23.6 Å². The summed E-state index contributed by atoms with van der Waals surface area (Å²) in [5.41, 5.74) is -1.79. The highest BCUT2D eigenvalue weighted by Gasteiger charge is 2.41. The Bertz CT molecular complexity index is 1650. The number of nitrogens with zero attached hydrogens (tertiary/aromatic N) is 5. The molecule has 3 aromatic rings. The van der Waals surface area contributed by atoms with Gasteiger partial charge in [0.15, 0.2) is 0 Å². The number of nitrogens with one attached hydrogen (secondary N) is 2. The van der Waals surface area contributed by atoms with Crippen molar-refractivity contribution in [3.05, 3.63) is 95.8 Å². The summed E-state index contributed by atoms with van der Waals surface area (Å²) in [6.07, 6.45) is -7.41. The lowest BCUT2D eigenvalue weighted by atomic mass is 10.1. The van der Waals surface area contributed by atoms with Crippen LogP contribution in [0, 0.1) is 10.8 Å². The fraction of sp³-hybridized carbons (Fsp3) is 0.382. The zero-order valence-electron chi connectivity index (χ0n) is 26.8. The molecular weight excluding hydrogens is 668 g/mol. The van der Waals surface area contributed by atoms with Gasteiger partial charge < -0.3 is 24.2 Å². The Balaban J connectivity index is 1.23. The molecule has 2 N–H and O–H groups in total. The van der Waals surface area contributed by atoms with E-state index in [9.17, 15) is 31.1 Å². The first-order valence-electron chi connectivity index (χ1n) is 15.8. The highest BCUT2D eigenvalue weighted by molar-refractivity contribution is 6.02. The summed E-state index contributed by atoms with van der Waals surface area (Å²) in [6.45, 7) is 0.971. The number of aromatic nitrogens is 2. The van der Waals surface area contributed by atoms with Crippen LogP contribution in [0.25, 0.3) is 0 Å². The highest BCUT2D eigenvalue weighted by Crippen LogP contribution is 2.31. The van der Waals surface area contributed by atoms with E-state index in [0.717, 1.165) is 0 Å². The van der Waals surface area contributed by atoms with Crippen LogP contribution in [0.2, 0.25) is 0 Å². The molecule has 0 spiro atoms. The number of halogens is 6. The number of carbonyl (C=O) groups excluding carboxylic acids is 1. The molecular formula is C34H35F6N7O3. The molecule has 0 bridgehead atoms. The van der Waals surface area contributed by atoms with Gasteiger partial charge in [-0.3, -0.25) is 15.6 Å². The predicted octanol–water partition coefficient (Wildman–Crippen LogP) is 6.11. The molecule has 266 valence electrons. The van der Waals surface area contributed by atoms with Gasteiger partial charge in [0.1, 0.15) is 29.9 Å². The lowest BCUT2D eigenvalue weighted by Crippen LogP contribution is -2.49. The predicted molar refractivity (Wildman–Crippen MR) is 172 cm³/mol. The van der Waals surface area contributed by atoms with Crippen LogP contribution in [0.1, 0.15) is 30.4 Å². The number of hydrogen-bond donors (Lipinski definition) is 2. The van der Waals surface area contributed by atoms with Crippen LogP contribution >= 0.6 is 0 Å². The van der Waals surface area contributed by atoms with Crippen LogP contribution in [-0.4, -0.2) is 88.5 Å². The first-order chi connectivity index (χ1) is 23.8. The van der Waals surface area contributed by atoms with Gasteiger partial charge in [-0.1, -0.05) is 48.5 Å². The van der Waals surface area contributed by atoms with Crippen molar-refractivity contribution in [1.82, 2.24) is 19.8 Å². The van der Waals surface area contributed by atoms with Crippen LogP contribution in [0.3, 0.4) is 0 Å². The molecule has 2 saturated heterocycles. The number of hydrogen-bond acceptors (Lipinski definition) is 8. The van der Waals surface area contributed by atoms with Gasteiger partial charge in [0.2, 0.25) is 17.8 Å². The minimum absolute atomic E-state index is 0.0368. The monoisotopic (exact) mass is 703 g/mol. The number of ether oxygens (including phenoxy) is 2. The van der Waals surface area contributed by atoms with E-state index in [1.165, 1.54) is 4.90 Å². The fourth-order valence-electron chi connectivity index (χ4n) is 5.76. The number of likely N-dealkylation sites (tertiary alicyclic amines) is 1. The van der Waals surface area contributed by atoms with E-state index in [1.807, 2.05) is 6.07 Å². The Morgan fingerprint density at radius 3 is 2.12 bits per heavy atom. The van der Waals surface area contributed by atoms with Crippen LogP contribution in [0.5, 0.6) is 5.75 Å². The molecule has 0 saturated carbocycles. The average molecular weight is 704 g/mol. The molecule has 50 heavy (non-hydrogen) atoms. The molecule has 0 radical (unpaired) electrons. The van der Waals surface area contributed by atoms with Crippen LogP contribution in [0.15, 0.2) is 84.7 Å². The number of para-hydroxylation sites is 1. The number of rotatable bonds is 10. The summed E-state index contributed by atoms with van der Waals surface area (Å²) >= 11 is 0. The Labute approximate surface area is 284 Å². The second-order valence-electron chi connectivity index (χ2n) is 11.8. The van der Waals surface area contributed by atoms with Gasteiger partial charge >= 0.3 is 12.4 Å². The van der Waals surface area contributed by atoms with E-state index in [0.29, 0.717) is 49.3 Å². The smallest absolute Gasteiger partial charge is 0.421 e. The van der Waals surface area contributed by atoms with E-state index in [-0.39, 0.29) is 50.9 Å². The van der Waals surface area contributed by atoms with Gasteiger partial charge in [0, 0.05) is 57.5 Å². The maximum Gasteiger partial charge on any atom is 0.421 e. The summed E-state index contributed by atoms with van der Waals surface area (Å²) in [4.78, 5) is 25.6. The van der Waals surface area contributed by atoms with E-state index in [1.54, 1.807) is 64.4 Å².